The first-order valence-corrected chi connectivity index (χ1v) is 10.5. The summed E-state index contributed by atoms with van der Waals surface area (Å²) in [6.07, 6.45) is 1.49. The van der Waals surface area contributed by atoms with E-state index in [2.05, 4.69) is 34.3 Å². The number of carbonyl (C=O) groups excluding carboxylic acids is 1. The predicted octanol–water partition coefficient (Wildman–Crippen LogP) is 3.12. The number of nitrogens with zero attached hydrogens (tertiary/aromatic N) is 5. The molecule has 9 heteroatoms. The number of anilines is 2. The minimum absolute atomic E-state index is 0.00415. The minimum atomic E-state index is -0.0722. The maximum atomic E-state index is 12.9. The predicted molar refractivity (Wildman–Crippen MR) is 118 cm³/mol. The zero-order valence-corrected chi connectivity index (χ0v) is 18.3. The molecule has 3 heterocycles. The van der Waals surface area contributed by atoms with Crippen LogP contribution in [0.25, 0.3) is 5.65 Å². The Hall–Kier alpha value is -3.36. The molecule has 1 aliphatic heterocycles. The molecule has 4 rings (SSSR count). The lowest BCUT2D eigenvalue weighted by molar-refractivity contribution is -0.120. The average molecular weight is 425 g/mol. The molecule has 1 fully saturated rings. The number of rotatable bonds is 6. The maximum absolute atomic E-state index is 12.9. The zero-order chi connectivity index (χ0) is 22.0. The largest absolute Gasteiger partial charge is 0.497 e. The summed E-state index contributed by atoms with van der Waals surface area (Å²) in [4.78, 5) is 15.1. The van der Waals surface area contributed by atoms with E-state index in [0.29, 0.717) is 17.2 Å². The van der Waals surface area contributed by atoms with E-state index in [4.69, 9.17) is 14.6 Å². The van der Waals surface area contributed by atoms with Crippen molar-refractivity contribution < 1.29 is 14.3 Å². The van der Waals surface area contributed by atoms with E-state index >= 15 is 0 Å². The van der Waals surface area contributed by atoms with Crippen LogP contribution < -0.4 is 19.7 Å². The third-order valence-corrected chi connectivity index (χ3v) is 5.64. The second-order valence-electron chi connectivity index (χ2n) is 7.99. The maximum Gasteiger partial charge on any atom is 0.227 e. The van der Waals surface area contributed by atoms with E-state index in [9.17, 15) is 4.79 Å². The molecule has 31 heavy (non-hydrogen) atoms. The number of methoxy groups -OCH3 is 2. The van der Waals surface area contributed by atoms with Crippen molar-refractivity contribution in [3.8, 4) is 11.5 Å². The molecule has 2 aromatic heterocycles. The fraction of sp³-hybridized carbons (Fsp3) is 0.455. The minimum Gasteiger partial charge on any atom is -0.497 e. The molecule has 0 spiro atoms. The number of hydrogen-bond acceptors (Lipinski definition) is 7. The van der Waals surface area contributed by atoms with Crippen LogP contribution in [0, 0.1) is 5.92 Å². The van der Waals surface area contributed by atoms with Gasteiger partial charge in [-0.2, -0.15) is 4.52 Å². The Morgan fingerprint density at radius 1 is 1.10 bits per heavy atom. The molecule has 1 N–H and O–H groups in total. The molecular weight excluding hydrogens is 396 g/mol. The second kappa shape index (κ2) is 8.79. The van der Waals surface area contributed by atoms with E-state index in [0.717, 1.165) is 43.2 Å². The highest BCUT2D eigenvalue weighted by molar-refractivity contribution is 5.94. The molecule has 164 valence electrons. The summed E-state index contributed by atoms with van der Waals surface area (Å²) >= 11 is 0. The molecule has 1 amide bonds. The molecule has 3 aromatic rings. The van der Waals surface area contributed by atoms with Crippen LogP contribution in [0.5, 0.6) is 11.5 Å². The van der Waals surface area contributed by atoms with E-state index < -0.39 is 0 Å². The third-order valence-electron chi connectivity index (χ3n) is 5.64. The van der Waals surface area contributed by atoms with Crippen LogP contribution in [-0.2, 0) is 4.79 Å². The number of carbonyl (C=O) groups is 1. The average Bonchev–Trinajstić information content (AvgIpc) is 3.22. The van der Waals surface area contributed by atoms with Crippen LogP contribution >= 0.6 is 0 Å². The van der Waals surface area contributed by atoms with Gasteiger partial charge in [-0.15, -0.1) is 15.3 Å². The van der Waals surface area contributed by atoms with Crippen molar-refractivity contribution in [1.82, 2.24) is 19.8 Å². The van der Waals surface area contributed by atoms with E-state index in [1.807, 2.05) is 16.6 Å². The number of ether oxygens (including phenoxy) is 2. The quantitative estimate of drug-likeness (QED) is 0.650. The van der Waals surface area contributed by atoms with Crippen LogP contribution in [0.3, 0.4) is 0 Å². The number of aromatic nitrogens is 4. The Labute approximate surface area is 181 Å². The Kier molecular flexibility index (Phi) is 5.92. The number of nitrogens with one attached hydrogen (secondary N) is 1. The van der Waals surface area contributed by atoms with Gasteiger partial charge in [0.2, 0.25) is 5.91 Å². The molecule has 0 bridgehead atoms. The standard InChI is InChI=1S/C22H28N6O3/c1-14(2)21-25-24-19-7-8-20(26-28(19)21)27-11-9-15(10-12-27)22(29)23-17-13-16(30-3)5-6-18(17)31-4/h5-8,13-15H,9-12H2,1-4H3,(H,23,29). The second-order valence-corrected chi connectivity index (χ2v) is 7.99. The van der Waals surface area contributed by atoms with Gasteiger partial charge in [0.15, 0.2) is 11.5 Å². The molecule has 1 aromatic carbocycles. The van der Waals surface area contributed by atoms with Gasteiger partial charge in [-0.05, 0) is 37.1 Å². The monoisotopic (exact) mass is 424 g/mol. The smallest absolute Gasteiger partial charge is 0.227 e. The number of fused-ring (bicyclic) bond motifs is 1. The van der Waals surface area contributed by atoms with Crippen LogP contribution in [-0.4, -0.2) is 53.0 Å². The van der Waals surface area contributed by atoms with Gasteiger partial charge < -0.3 is 19.7 Å². The van der Waals surface area contributed by atoms with Crippen LogP contribution in [0.1, 0.15) is 38.4 Å². The molecular formula is C22H28N6O3. The molecule has 0 saturated carbocycles. The Morgan fingerprint density at radius 3 is 2.55 bits per heavy atom. The summed E-state index contributed by atoms with van der Waals surface area (Å²) in [5.41, 5.74) is 1.36. The SMILES string of the molecule is COc1ccc(OC)c(NC(=O)C2CCN(c3ccc4nnc(C(C)C)n4n3)CC2)c1. The lowest BCUT2D eigenvalue weighted by atomic mass is 9.95. The Morgan fingerprint density at radius 2 is 1.87 bits per heavy atom. The first kappa shape index (κ1) is 20.9. The normalized spacial score (nSPS) is 14.8. The van der Waals surface area contributed by atoms with E-state index in [1.54, 1.807) is 32.4 Å². The van der Waals surface area contributed by atoms with Gasteiger partial charge in [-0.25, -0.2) is 0 Å². The molecule has 9 nitrogen and oxygen atoms in total. The van der Waals surface area contributed by atoms with Crippen molar-refractivity contribution in [1.29, 1.82) is 0 Å². The van der Waals surface area contributed by atoms with Crippen molar-refractivity contribution in [3.05, 3.63) is 36.2 Å². The van der Waals surface area contributed by atoms with Gasteiger partial charge in [0.25, 0.3) is 0 Å². The van der Waals surface area contributed by atoms with Gasteiger partial charge in [0.1, 0.15) is 17.3 Å². The van der Waals surface area contributed by atoms with E-state index in [-0.39, 0.29) is 17.7 Å². The van der Waals surface area contributed by atoms with Gasteiger partial charge in [-0.3, -0.25) is 4.79 Å². The van der Waals surface area contributed by atoms with Gasteiger partial charge in [-0.1, -0.05) is 13.8 Å². The van der Waals surface area contributed by atoms with Crippen molar-refractivity contribution >= 4 is 23.1 Å². The van der Waals surface area contributed by atoms with E-state index in [1.165, 1.54) is 0 Å². The summed E-state index contributed by atoms with van der Waals surface area (Å²) in [5, 5.41) is 16.2. The lowest BCUT2D eigenvalue weighted by Gasteiger charge is -2.32. The topological polar surface area (TPSA) is 93.9 Å². The molecule has 1 saturated heterocycles. The number of amides is 1. The highest BCUT2D eigenvalue weighted by atomic mass is 16.5. The summed E-state index contributed by atoms with van der Waals surface area (Å²) in [7, 11) is 3.18. The first-order valence-electron chi connectivity index (χ1n) is 10.5. The zero-order valence-electron chi connectivity index (χ0n) is 18.3. The van der Waals surface area contributed by atoms with Gasteiger partial charge in [0.05, 0.1) is 19.9 Å². The van der Waals surface area contributed by atoms with Crippen molar-refractivity contribution in [2.45, 2.75) is 32.6 Å². The van der Waals surface area contributed by atoms with Crippen LogP contribution in [0.15, 0.2) is 30.3 Å². The van der Waals surface area contributed by atoms with Gasteiger partial charge >= 0.3 is 0 Å². The summed E-state index contributed by atoms with van der Waals surface area (Å²) in [6, 6.07) is 9.27. The molecule has 0 atom stereocenters. The first-order chi connectivity index (χ1) is 15.0. The molecule has 0 unspecified atom stereocenters. The highest BCUT2D eigenvalue weighted by Gasteiger charge is 2.27. The molecule has 1 aliphatic rings. The Balaban J connectivity index is 1.42. The summed E-state index contributed by atoms with van der Waals surface area (Å²) in [6.45, 7) is 5.66. The van der Waals surface area contributed by atoms with Gasteiger partial charge in [0, 0.05) is 31.0 Å². The van der Waals surface area contributed by atoms with Crippen LogP contribution in [0.4, 0.5) is 11.5 Å². The Bertz CT molecular complexity index is 1070. The van der Waals surface area contributed by atoms with Crippen molar-refractivity contribution in [2.75, 3.05) is 37.5 Å². The number of benzene rings is 1. The molecule has 0 radical (unpaired) electrons. The summed E-state index contributed by atoms with van der Waals surface area (Å²) in [5.74, 6) is 3.16. The van der Waals surface area contributed by atoms with Crippen LogP contribution in [0.2, 0.25) is 0 Å². The fourth-order valence-electron chi connectivity index (χ4n) is 3.84. The lowest BCUT2D eigenvalue weighted by Crippen LogP contribution is -2.38. The van der Waals surface area contributed by atoms with Crippen molar-refractivity contribution in [3.63, 3.8) is 0 Å². The summed E-state index contributed by atoms with van der Waals surface area (Å²) < 4.78 is 12.4. The number of piperidine rings is 1. The van der Waals surface area contributed by atoms with Crippen molar-refractivity contribution in [2.24, 2.45) is 5.92 Å². The number of hydrogen-bond donors (Lipinski definition) is 1. The molecule has 0 aliphatic carbocycles. The highest BCUT2D eigenvalue weighted by Crippen LogP contribution is 2.30. The third kappa shape index (κ3) is 4.26. The fourth-order valence-corrected chi connectivity index (χ4v) is 3.84.